The number of nitrogens with zero attached hydrogens (tertiary/aromatic N) is 2. The standard InChI is InChI=1S/C26H32ClF3N4O7S2/c1-39-8-5-34(6-9-40-2)14-16-11-19(27)13-20(23(16)35)24(36)33-25-32-22-17(15-41-7-4-31-43(3,37)38)10-18(26(28,29)30)12-21(22)42-25/h10-13,31,35H,4-9,14-15H2,1-3H3,(H,32,33,36). The number of methoxy groups -OCH3 is 2. The second-order valence-electron chi connectivity index (χ2n) is 9.39. The lowest BCUT2D eigenvalue weighted by Crippen LogP contribution is -2.30. The van der Waals surface area contributed by atoms with Crippen LogP contribution in [0.1, 0.15) is 27.0 Å². The number of ether oxygens (including phenoxy) is 3. The van der Waals surface area contributed by atoms with Gasteiger partial charge in [-0.25, -0.2) is 18.1 Å². The molecule has 0 bridgehead atoms. The number of aromatic hydroxyl groups is 1. The van der Waals surface area contributed by atoms with Crippen molar-refractivity contribution < 1.29 is 45.7 Å². The number of benzene rings is 2. The van der Waals surface area contributed by atoms with Gasteiger partial charge < -0.3 is 19.3 Å². The summed E-state index contributed by atoms with van der Waals surface area (Å²) in [6.45, 7) is 1.70. The van der Waals surface area contributed by atoms with Gasteiger partial charge in [0, 0.05) is 56.5 Å². The minimum Gasteiger partial charge on any atom is -0.507 e. The maximum Gasteiger partial charge on any atom is 0.416 e. The number of alkyl halides is 3. The van der Waals surface area contributed by atoms with E-state index in [0.717, 1.165) is 29.7 Å². The fourth-order valence-electron chi connectivity index (χ4n) is 3.97. The number of thiazole rings is 1. The second kappa shape index (κ2) is 15.4. The van der Waals surface area contributed by atoms with Gasteiger partial charge in [0.05, 0.1) is 54.0 Å². The van der Waals surface area contributed by atoms with E-state index in [1.54, 1.807) is 14.2 Å². The van der Waals surface area contributed by atoms with Crippen molar-refractivity contribution in [3.8, 4) is 5.75 Å². The lowest BCUT2D eigenvalue weighted by atomic mass is 10.1. The Hall–Kier alpha value is -2.57. The largest absolute Gasteiger partial charge is 0.507 e. The molecule has 0 spiro atoms. The van der Waals surface area contributed by atoms with E-state index in [9.17, 15) is 31.5 Å². The molecule has 0 aliphatic heterocycles. The molecule has 0 saturated carbocycles. The fourth-order valence-corrected chi connectivity index (χ4v) is 5.62. The third-order valence-corrected chi connectivity index (χ3v) is 7.87. The maximum absolute atomic E-state index is 13.6. The van der Waals surface area contributed by atoms with E-state index in [-0.39, 0.29) is 63.6 Å². The van der Waals surface area contributed by atoms with Crippen LogP contribution in [0.3, 0.4) is 0 Å². The van der Waals surface area contributed by atoms with Crippen molar-refractivity contribution in [1.29, 1.82) is 0 Å². The molecule has 3 rings (SSSR count). The molecule has 3 aromatic rings. The molecule has 17 heteroatoms. The van der Waals surface area contributed by atoms with Crippen LogP contribution in [0.2, 0.25) is 5.02 Å². The number of halogens is 4. The van der Waals surface area contributed by atoms with Gasteiger partial charge in [0.1, 0.15) is 5.75 Å². The molecule has 43 heavy (non-hydrogen) atoms. The quantitative estimate of drug-likeness (QED) is 0.193. The Balaban J connectivity index is 1.85. The molecule has 1 amide bonds. The van der Waals surface area contributed by atoms with Crippen LogP contribution in [0.25, 0.3) is 10.2 Å². The van der Waals surface area contributed by atoms with Gasteiger partial charge in [0.2, 0.25) is 10.0 Å². The molecule has 0 unspecified atom stereocenters. The Morgan fingerprint density at radius 1 is 1.09 bits per heavy atom. The third-order valence-electron chi connectivity index (χ3n) is 6.01. The minimum absolute atomic E-state index is 0.0120. The van der Waals surface area contributed by atoms with Crippen molar-refractivity contribution in [1.82, 2.24) is 14.6 Å². The summed E-state index contributed by atoms with van der Waals surface area (Å²) in [4.78, 5) is 19.5. The number of hydrogen-bond acceptors (Lipinski definition) is 10. The van der Waals surface area contributed by atoms with Gasteiger partial charge in [-0.3, -0.25) is 15.0 Å². The van der Waals surface area contributed by atoms with E-state index >= 15 is 0 Å². The molecule has 3 N–H and O–H groups in total. The summed E-state index contributed by atoms with van der Waals surface area (Å²) >= 11 is 7.09. The van der Waals surface area contributed by atoms with E-state index in [1.165, 1.54) is 12.1 Å². The smallest absolute Gasteiger partial charge is 0.416 e. The van der Waals surface area contributed by atoms with E-state index in [4.69, 9.17) is 25.8 Å². The third kappa shape index (κ3) is 10.5. The number of carbonyl (C=O) groups excluding carboxylic acids is 1. The molecule has 0 atom stereocenters. The average molecular weight is 669 g/mol. The van der Waals surface area contributed by atoms with Crippen LogP contribution >= 0.6 is 22.9 Å². The highest BCUT2D eigenvalue weighted by Crippen LogP contribution is 2.37. The van der Waals surface area contributed by atoms with E-state index in [2.05, 4.69) is 15.0 Å². The summed E-state index contributed by atoms with van der Waals surface area (Å²) in [5.74, 6) is -1.07. The minimum atomic E-state index is -4.66. The highest BCUT2D eigenvalue weighted by atomic mass is 35.5. The van der Waals surface area contributed by atoms with Crippen molar-refractivity contribution in [3.63, 3.8) is 0 Å². The maximum atomic E-state index is 13.6. The first kappa shape index (κ1) is 34.9. The number of hydrogen-bond donors (Lipinski definition) is 3. The number of phenolic OH excluding ortho intramolecular Hbond substituents is 1. The van der Waals surface area contributed by atoms with Gasteiger partial charge in [-0.2, -0.15) is 13.2 Å². The number of amides is 1. The first-order valence-corrected chi connectivity index (χ1v) is 15.9. The van der Waals surface area contributed by atoms with Crippen molar-refractivity contribution >= 4 is 54.2 Å². The molecule has 238 valence electrons. The Labute approximate surface area is 255 Å². The van der Waals surface area contributed by atoms with Crippen LogP contribution < -0.4 is 10.0 Å². The summed E-state index contributed by atoms with van der Waals surface area (Å²) in [6.07, 6.45) is -3.68. The fraction of sp³-hybridized carbons (Fsp3) is 0.462. The number of aromatic nitrogens is 1. The zero-order valence-electron chi connectivity index (χ0n) is 23.6. The topological polar surface area (TPSA) is 139 Å². The molecule has 1 heterocycles. The monoisotopic (exact) mass is 668 g/mol. The number of fused-ring (bicyclic) bond motifs is 1. The van der Waals surface area contributed by atoms with Gasteiger partial charge in [-0.1, -0.05) is 22.9 Å². The molecule has 1 aromatic heterocycles. The molecule has 0 radical (unpaired) electrons. The first-order chi connectivity index (χ1) is 20.2. The molecular formula is C26H32ClF3N4O7S2. The van der Waals surface area contributed by atoms with Gasteiger partial charge >= 0.3 is 6.18 Å². The van der Waals surface area contributed by atoms with E-state index < -0.39 is 27.7 Å². The van der Waals surface area contributed by atoms with Gasteiger partial charge in [0.15, 0.2) is 5.13 Å². The highest BCUT2D eigenvalue weighted by Gasteiger charge is 2.32. The van der Waals surface area contributed by atoms with Gasteiger partial charge in [-0.05, 0) is 24.3 Å². The SMILES string of the molecule is COCCN(CCOC)Cc1cc(Cl)cc(C(=O)Nc2nc3c(COCCNS(C)(=O)=O)cc(C(F)(F)F)cc3s2)c1O. The number of phenols is 1. The molecule has 0 aliphatic rings. The van der Waals surface area contributed by atoms with Crippen LogP contribution in [0.4, 0.5) is 18.3 Å². The predicted molar refractivity (Wildman–Crippen MR) is 157 cm³/mol. The van der Waals surface area contributed by atoms with Gasteiger partial charge in [-0.15, -0.1) is 0 Å². The molecule has 0 saturated heterocycles. The van der Waals surface area contributed by atoms with Crippen LogP contribution in [0.15, 0.2) is 24.3 Å². The number of sulfonamides is 1. The molecular weight excluding hydrogens is 637 g/mol. The number of anilines is 1. The number of rotatable bonds is 16. The predicted octanol–water partition coefficient (Wildman–Crippen LogP) is 4.09. The Morgan fingerprint density at radius 2 is 1.77 bits per heavy atom. The van der Waals surface area contributed by atoms with Crippen LogP contribution in [0.5, 0.6) is 5.75 Å². The van der Waals surface area contributed by atoms with Crippen LogP contribution in [-0.2, 0) is 43.6 Å². The summed E-state index contributed by atoms with van der Waals surface area (Å²) in [5.41, 5.74) is -0.418. The average Bonchev–Trinajstić information content (AvgIpc) is 3.33. The molecule has 11 nitrogen and oxygen atoms in total. The Bertz CT molecular complexity index is 1510. The highest BCUT2D eigenvalue weighted by molar-refractivity contribution is 7.88. The summed E-state index contributed by atoms with van der Waals surface area (Å²) in [6, 6.07) is 4.63. The van der Waals surface area contributed by atoms with Crippen LogP contribution in [-0.4, -0.2) is 89.2 Å². The summed E-state index contributed by atoms with van der Waals surface area (Å²) < 4.78 is 81.2. The number of carbonyl (C=O) groups is 1. The lowest BCUT2D eigenvalue weighted by molar-refractivity contribution is -0.137. The Morgan fingerprint density at radius 3 is 2.37 bits per heavy atom. The summed E-state index contributed by atoms with van der Waals surface area (Å²) in [5, 5.41) is 13.7. The molecule has 0 aliphatic carbocycles. The van der Waals surface area contributed by atoms with Crippen molar-refractivity contribution in [3.05, 3.63) is 51.5 Å². The van der Waals surface area contributed by atoms with Crippen molar-refractivity contribution in [2.75, 3.05) is 65.2 Å². The lowest BCUT2D eigenvalue weighted by Gasteiger charge is -2.22. The zero-order valence-corrected chi connectivity index (χ0v) is 26.0. The zero-order chi connectivity index (χ0) is 31.8. The van der Waals surface area contributed by atoms with Crippen LogP contribution in [0, 0.1) is 0 Å². The number of nitrogens with one attached hydrogen (secondary N) is 2. The van der Waals surface area contributed by atoms with Crippen molar-refractivity contribution in [2.24, 2.45) is 0 Å². The van der Waals surface area contributed by atoms with Gasteiger partial charge in [0.25, 0.3) is 5.91 Å². The van der Waals surface area contributed by atoms with E-state index in [0.29, 0.717) is 31.9 Å². The van der Waals surface area contributed by atoms with Crippen molar-refractivity contribution in [2.45, 2.75) is 19.3 Å². The molecule has 2 aromatic carbocycles. The van der Waals surface area contributed by atoms with E-state index in [1.807, 2.05) is 4.90 Å². The first-order valence-electron chi connectivity index (χ1n) is 12.8. The normalized spacial score (nSPS) is 12.4. The second-order valence-corrected chi connectivity index (χ2v) is 12.7. The summed E-state index contributed by atoms with van der Waals surface area (Å²) in [7, 11) is -0.322. The molecule has 0 fully saturated rings. The Kier molecular flexibility index (Phi) is 12.5.